The maximum absolute atomic E-state index is 13.0. The van der Waals surface area contributed by atoms with Gasteiger partial charge in [-0.2, -0.15) is 0 Å². The first-order chi connectivity index (χ1) is 16.5. The molecular formula is C26H24N2O6. The van der Waals surface area contributed by atoms with Crippen molar-refractivity contribution in [1.29, 1.82) is 0 Å². The van der Waals surface area contributed by atoms with Gasteiger partial charge in [-0.15, -0.1) is 0 Å². The summed E-state index contributed by atoms with van der Waals surface area (Å²) >= 11 is 0. The Labute approximate surface area is 196 Å². The minimum Gasteiger partial charge on any atom is -0.494 e. The van der Waals surface area contributed by atoms with Gasteiger partial charge in [0, 0.05) is 5.69 Å². The third kappa shape index (κ3) is 3.85. The summed E-state index contributed by atoms with van der Waals surface area (Å²) < 4.78 is 10.5. The Balaban J connectivity index is 1.21. The molecule has 174 valence electrons. The van der Waals surface area contributed by atoms with E-state index in [2.05, 4.69) is 5.32 Å². The summed E-state index contributed by atoms with van der Waals surface area (Å²) in [5.74, 6) is -1.36. The molecule has 8 nitrogen and oxygen atoms in total. The molecule has 0 unspecified atom stereocenters. The predicted molar refractivity (Wildman–Crippen MR) is 123 cm³/mol. The van der Waals surface area contributed by atoms with E-state index in [9.17, 15) is 19.2 Å². The van der Waals surface area contributed by atoms with Gasteiger partial charge in [-0.1, -0.05) is 18.2 Å². The molecule has 0 radical (unpaired) electrons. The molecule has 34 heavy (non-hydrogen) atoms. The summed E-state index contributed by atoms with van der Waals surface area (Å²) in [6, 6.07) is 13.0. The molecule has 8 heteroatoms. The first-order valence-corrected chi connectivity index (χ1v) is 11.3. The van der Waals surface area contributed by atoms with Crippen LogP contribution in [0.3, 0.4) is 0 Å². The molecule has 1 heterocycles. The third-order valence-electron chi connectivity index (χ3n) is 6.59. The molecule has 1 N–H and O–H groups in total. The van der Waals surface area contributed by atoms with Gasteiger partial charge in [0.1, 0.15) is 5.75 Å². The maximum Gasteiger partial charge on any atom is 0.338 e. The second kappa shape index (κ2) is 8.78. The van der Waals surface area contributed by atoms with Crippen molar-refractivity contribution in [1.82, 2.24) is 0 Å². The van der Waals surface area contributed by atoms with Crippen molar-refractivity contribution in [2.75, 3.05) is 23.4 Å². The second-order valence-electron chi connectivity index (χ2n) is 8.64. The fraction of sp³-hybridized carbons (Fsp3) is 0.308. The third-order valence-corrected chi connectivity index (χ3v) is 6.59. The van der Waals surface area contributed by atoms with Gasteiger partial charge in [0.2, 0.25) is 11.8 Å². The van der Waals surface area contributed by atoms with Crippen LogP contribution in [-0.4, -0.2) is 36.9 Å². The van der Waals surface area contributed by atoms with Crippen molar-refractivity contribution in [3.8, 4) is 5.75 Å². The van der Waals surface area contributed by atoms with E-state index >= 15 is 0 Å². The zero-order valence-corrected chi connectivity index (χ0v) is 18.6. The highest BCUT2D eigenvalue weighted by Gasteiger charge is 2.59. The molecule has 1 saturated heterocycles. The number of imide groups is 1. The first kappa shape index (κ1) is 21.9. The number of carbonyl (C=O) groups excluding carboxylic acids is 4. The van der Waals surface area contributed by atoms with Gasteiger partial charge in [-0.05, 0) is 67.6 Å². The Morgan fingerprint density at radius 2 is 1.68 bits per heavy atom. The molecule has 3 aliphatic rings. The number of esters is 1. The van der Waals surface area contributed by atoms with Gasteiger partial charge in [0.15, 0.2) is 6.61 Å². The van der Waals surface area contributed by atoms with Gasteiger partial charge in [-0.25, -0.2) is 9.69 Å². The number of ether oxygens (including phenoxy) is 2. The topological polar surface area (TPSA) is 102 Å². The average Bonchev–Trinajstić information content (AvgIpc) is 3.52. The zero-order chi connectivity index (χ0) is 23.8. The smallest absolute Gasteiger partial charge is 0.338 e. The molecule has 0 aromatic heterocycles. The molecule has 3 amide bonds. The fourth-order valence-corrected chi connectivity index (χ4v) is 5.14. The summed E-state index contributed by atoms with van der Waals surface area (Å²) in [7, 11) is 0. The summed E-state index contributed by atoms with van der Waals surface area (Å²) in [6.45, 7) is 1.95. The molecule has 2 bridgehead atoms. The lowest BCUT2D eigenvalue weighted by Crippen LogP contribution is -2.33. The molecule has 2 aliphatic carbocycles. The van der Waals surface area contributed by atoms with E-state index in [0.717, 1.165) is 6.42 Å². The Bertz CT molecular complexity index is 1160. The summed E-state index contributed by atoms with van der Waals surface area (Å²) in [4.78, 5) is 51.9. The number of nitrogens with one attached hydrogen (secondary N) is 1. The molecule has 5 rings (SSSR count). The number of nitrogens with zero attached hydrogens (tertiary/aromatic N) is 1. The van der Waals surface area contributed by atoms with Crippen LogP contribution in [0.4, 0.5) is 11.4 Å². The van der Waals surface area contributed by atoms with Gasteiger partial charge < -0.3 is 14.8 Å². The van der Waals surface area contributed by atoms with Crippen LogP contribution >= 0.6 is 0 Å². The lowest BCUT2D eigenvalue weighted by molar-refractivity contribution is -0.123. The van der Waals surface area contributed by atoms with E-state index in [1.165, 1.54) is 17.0 Å². The lowest BCUT2D eigenvalue weighted by atomic mass is 9.85. The van der Waals surface area contributed by atoms with Gasteiger partial charge >= 0.3 is 5.97 Å². The van der Waals surface area contributed by atoms with Crippen LogP contribution in [-0.2, 0) is 19.1 Å². The number of fused-ring (bicyclic) bond motifs is 5. The highest BCUT2D eigenvalue weighted by Crippen LogP contribution is 2.53. The summed E-state index contributed by atoms with van der Waals surface area (Å²) in [5.41, 5.74) is 1.05. The number of hydrogen-bond acceptors (Lipinski definition) is 6. The number of allylic oxidation sites excluding steroid dienone is 2. The molecule has 0 spiro atoms. The number of hydrogen-bond donors (Lipinski definition) is 1. The molecule has 2 aromatic rings. The minimum absolute atomic E-state index is 0.110. The monoisotopic (exact) mass is 460 g/mol. The molecule has 2 fully saturated rings. The SMILES string of the molecule is CCOc1ccc(NC(=O)COC(=O)c2cccc(N3C(=O)[C@H]4[C@H](C3=O)[C@H]3C=C[C@H]4C3)c2)cc1. The Morgan fingerprint density at radius 3 is 2.32 bits per heavy atom. The van der Waals surface area contributed by atoms with Crippen LogP contribution in [0.1, 0.15) is 23.7 Å². The molecule has 1 saturated carbocycles. The van der Waals surface area contributed by atoms with Crippen molar-refractivity contribution < 1.29 is 28.7 Å². The Morgan fingerprint density at radius 1 is 1.00 bits per heavy atom. The Hall–Kier alpha value is -3.94. The summed E-state index contributed by atoms with van der Waals surface area (Å²) in [5, 5.41) is 2.65. The van der Waals surface area contributed by atoms with Crippen LogP contribution in [0.25, 0.3) is 0 Å². The molecule has 4 atom stereocenters. The van der Waals surface area contributed by atoms with Gasteiger partial charge in [0.25, 0.3) is 5.91 Å². The van der Waals surface area contributed by atoms with Crippen LogP contribution in [0.5, 0.6) is 5.75 Å². The van der Waals surface area contributed by atoms with E-state index in [0.29, 0.717) is 23.7 Å². The molecule has 1 aliphatic heterocycles. The van der Waals surface area contributed by atoms with Gasteiger partial charge in [0.05, 0.1) is 29.7 Å². The number of benzene rings is 2. The number of amides is 3. The lowest BCUT2D eigenvalue weighted by Gasteiger charge is -2.18. The van der Waals surface area contributed by atoms with E-state index in [-0.39, 0.29) is 41.0 Å². The predicted octanol–water partition coefficient (Wildman–Crippen LogP) is 3.19. The minimum atomic E-state index is -0.718. The van der Waals surface area contributed by atoms with Crippen molar-refractivity contribution in [2.45, 2.75) is 13.3 Å². The van der Waals surface area contributed by atoms with E-state index in [1.807, 2.05) is 19.1 Å². The van der Waals surface area contributed by atoms with Crippen LogP contribution in [0.15, 0.2) is 60.7 Å². The maximum atomic E-state index is 13.0. The van der Waals surface area contributed by atoms with Crippen LogP contribution < -0.4 is 15.0 Å². The van der Waals surface area contributed by atoms with Gasteiger partial charge in [-0.3, -0.25) is 14.4 Å². The normalized spacial score (nSPS) is 24.3. The number of anilines is 2. The fourth-order valence-electron chi connectivity index (χ4n) is 5.14. The zero-order valence-electron chi connectivity index (χ0n) is 18.6. The average molecular weight is 460 g/mol. The number of rotatable bonds is 7. The van der Waals surface area contributed by atoms with Crippen LogP contribution in [0, 0.1) is 23.7 Å². The van der Waals surface area contributed by atoms with Crippen molar-refractivity contribution in [3.05, 3.63) is 66.2 Å². The summed E-state index contributed by atoms with van der Waals surface area (Å²) in [6.07, 6.45) is 4.92. The van der Waals surface area contributed by atoms with Crippen molar-refractivity contribution in [2.24, 2.45) is 23.7 Å². The second-order valence-corrected chi connectivity index (χ2v) is 8.64. The van der Waals surface area contributed by atoms with E-state index in [4.69, 9.17) is 9.47 Å². The largest absolute Gasteiger partial charge is 0.494 e. The van der Waals surface area contributed by atoms with Crippen molar-refractivity contribution >= 4 is 35.1 Å². The Kier molecular flexibility index (Phi) is 5.65. The quantitative estimate of drug-likeness (QED) is 0.387. The van der Waals surface area contributed by atoms with E-state index < -0.39 is 18.5 Å². The molecule has 2 aromatic carbocycles. The highest BCUT2D eigenvalue weighted by molar-refractivity contribution is 6.23. The number of carbonyl (C=O) groups is 4. The van der Waals surface area contributed by atoms with Crippen molar-refractivity contribution in [3.63, 3.8) is 0 Å². The van der Waals surface area contributed by atoms with Crippen LogP contribution in [0.2, 0.25) is 0 Å². The standard InChI is InChI=1S/C26H24N2O6/c1-2-33-20-10-8-18(9-11-20)27-21(29)14-34-26(32)17-4-3-5-19(13-17)28-24(30)22-15-6-7-16(12-15)23(22)25(28)31/h3-11,13,15-16,22-23H,2,12,14H2,1H3,(H,27,29)/t15-,16-,22+,23+/m0/s1. The first-order valence-electron chi connectivity index (χ1n) is 11.3. The van der Waals surface area contributed by atoms with E-state index in [1.54, 1.807) is 36.4 Å². The highest BCUT2D eigenvalue weighted by atomic mass is 16.5. The molecular weight excluding hydrogens is 436 g/mol.